The van der Waals surface area contributed by atoms with Crippen LogP contribution in [0.5, 0.6) is 5.75 Å². The monoisotopic (exact) mass is 372 g/mol. The molecular weight excluding hydrogens is 348 g/mol. The third-order valence-electron chi connectivity index (χ3n) is 4.45. The smallest absolute Gasteiger partial charge is 0.120 e. The molecule has 4 nitrogen and oxygen atoms in total. The summed E-state index contributed by atoms with van der Waals surface area (Å²) in [6.45, 7) is 6.72. The van der Waals surface area contributed by atoms with Crippen LogP contribution in [0.4, 0.5) is 0 Å². The summed E-state index contributed by atoms with van der Waals surface area (Å²) in [6, 6.07) is 11.8. The molecule has 0 saturated carbocycles. The van der Waals surface area contributed by atoms with Crippen molar-refractivity contribution in [3.05, 3.63) is 58.4 Å². The van der Waals surface area contributed by atoms with E-state index in [1.54, 1.807) is 0 Å². The molecule has 1 N–H and O–H groups in total. The molecule has 0 fully saturated rings. The highest BCUT2D eigenvalue weighted by atomic mass is 35.5. The number of nitrogens with zero attached hydrogens (tertiary/aromatic N) is 2. The zero-order chi connectivity index (χ0) is 18.7. The van der Waals surface area contributed by atoms with Crippen LogP contribution in [-0.4, -0.2) is 27.4 Å². The standard InChI is InChI=1S/C21H25ClN2O2/c1-4-7-20-23-18-8-5-6-9-19(18)24(20)12-16(25)13-26-17-10-14(2)21(22)15(3)11-17/h5-6,8-11,16,25H,4,7,12-13H2,1-3H3/t16-/m1/s1. The van der Waals surface area contributed by atoms with E-state index in [0.29, 0.717) is 6.54 Å². The van der Waals surface area contributed by atoms with E-state index < -0.39 is 6.10 Å². The molecule has 0 spiro atoms. The van der Waals surface area contributed by atoms with E-state index in [1.165, 1.54) is 0 Å². The number of aromatic nitrogens is 2. The third-order valence-corrected chi connectivity index (χ3v) is 5.05. The summed E-state index contributed by atoms with van der Waals surface area (Å²) in [5.41, 5.74) is 3.96. The Morgan fingerprint density at radius 3 is 2.58 bits per heavy atom. The lowest BCUT2D eigenvalue weighted by molar-refractivity contribution is 0.0926. The average molecular weight is 373 g/mol. The van der Waals surface area contributed by atoms with E-state index in [9.17, 15) is 5.11 Å². The first kappa shape index (κ1) is 18.7. The number of aryl methyl sites for hydroxylation is 3. The number of ether oxygens (including phenoxy) is 1. The summed E-state index contributed by atoms with van der Waals surface area (Å²) in [4.78, 5) is 4.70. The zero-order valence-corrected chi connectivity index (χ0v) is 16.3. The molecule has 0 saturated heterocycles. The molecule has 26 heavy (non-hydrogen) atoms. The summed E-state index contributed by atoms with van der Waals surface area (Å²) in [5, 5.41) is 11.3. The van der Waals surface area contributed by atoms with Gasteiger partial charge in [0.05, 0.1) is 17.6 Å². The first-order valence-corrected chi connectivity index (χ1v) is 9.39. The first-order chi connectivity index (χ1) is 12.5. The van der Waals surface area contributed by atoms with Gasteiger partial charge in [0.15, 0.2) is 0 Å². The molecule has 3 aromatic rings. The van der Waals surface area contributed by atoms with Gasteiger partial charge in [0.1, 0.15) is 24.3 Å². The van der Waals surface area contributed by atoms with Crippen molar-refractivity contribution < 1.29 is 9.84 Å². The van der Waals surface area contributed by atoms with Crippen molar-refractivity contribution >= 4 is 22.6 Å². The molecule has 2 aromatic carbocycles. The predicted molar refractivity (Wildman–Crippen MR) is 106 cm³/mol. The van der Waals surface area contributed by atoms with Gasteiger partial charge >= 0.3 is 0 Å². The largest absolute Gasteiger partial charge is 0.491 e. The van der Waals surface area contributed by atoms with Crippen molar-refractivity contribution in [2.45, 2.75) is 46.3 Å². The molecule has 3 rings (SSSR count). The summed E-state index contributed by atoms with van der Waals surface area (Å²) in [6.07, 6.45) is 1.27. The van der Waals surface area contributed by atoms with Crippen molar-refractivity contribution in [3.63, 3.8) is 0 Å². The number of benzene rings is 2. The molecule has 138 valence electrons. The molecular formula is C21H25ClN2O2. The van der Waals surface area contributed by atoms with Crippen molar-refractivity contribution in [1.29, 1.82) is 0 Å². The molecule has 1 aromatic heterocycles. The maximum atomic E-state index is 10.5. The first-order valence-electron chi connectivity index (χ1n) is 9.01. The Labute approximate surface area is 159 Å². The molecule has 0 bridgehead atoms. The Morgan fingerprint density at radius 1 is 1.19 bits per heavy atom. The minimum Gasteiger partial charge on any atom is -0.491 e. The van der Waals surface area contributed by atoms with Crippen LogP contribution in [0.25, 0.3) is 11.0 Å². The number of aliphatic hydroxyl groups is 1. The highest BCUT2D eigenvalue weighted by Gasteiger charge is 2.14. The van der Waals surface area contributed by atoms with Gasteiger partial charge in [-0.15, -0.1) is 0 Å². The van der Waals surface area contributed by atoms with E-state index >= 15 is 0 Å². The summed E-state index contributed by atoms with van der Waals surface area (Å²) in [7, 11) is 0. The Hall–Kier alpha value is -2.04. The lowest BCUT2D eigenvalue weighted by atomic mass is 10.1. The van der Waals surface area contributed by atoms with Gasteiger partial charge in [0, 0.05) is 11.4 Å². The van der Waals surface area contributed by atoms with E-state index in [1.807, 2.05) is 50.2 Å². The van der Waals surface area contributed by atoms with Crippen LogP contribution in [0.15, 0.2) is 36.4 Å². The molecule has 0 aliphatic rings. The highest BCUT2D eigenvalue weighted by molar-refractivity contribution is 6.32. The van der Waals surface area contributed by atoms with E-state index in [4.69, 9.17) is 21.3 Å². The maximum Gasteiger partial charge on any atom is 0.120 e. The predicted octanol–water partition coefficient (Wildman–Crippen LogP) is 4.70. The van der Waals surface area contributed by atoms with Gasteiger partial charge in [0.2, 0.25) is 0 Å². The van der Waals surface area contributed by atoms with E-state index in [-0.39, 0.29) is 6.61 Å². The number of hydrogen-bond acceptors (Lipinski definition) is 3. The summed E-state index contributed by atoms with van der Waals surface area (Å²) < 4.78 is 7.91. The maximum absolute atomic E-state index is 10.5. The van der Waals surface area contributed by atoms with E-state index in [0.717, 1.165) is 51.6 Å². The van der Waals surface area contributed by atoms with Crippen LogP contribution in [0.1, 0.15) is 30.3 Å². The number of fused-ring (bicyclic) bond motifs is 1. The normalized spacial score (nSPS) is 12.5. The van der Waals surface area contributed by atoms with Gasteiger partial charge in [-0.05, 0) is 55.7 Å². The van der Waals surface area contributed by atoms with Crippen LogP contribution in [0.3, 0.4) is 0 Å². The lowest BCUT2D eigenvalue weighted by Crippen LogP contribution is -2.24. The van der Waals surface area contributed by atoms with Gasteiger partial charge < -0.3 is 14.4 Å². The van der Waals surface area contributed by atoms with Crippen LogP contribution in [0.2, 0.25) is 5.02 Å². The Kier molecular flexibility index (Phi) is 5.84. The SMILES string of the molecule is CCCc1nc2ccccc2n1C[C@@H](O)COc1cc(C)c(Cl)c(C)c1. The number of imidazole rings is 1. The quantitative estimate of drug-likeness (QED) is 0.654. The number of para-hydroxylation sites is 2. The average Bonchev–Trinajstić information content (AvgIpc) is 2.95. The second kappa shape index (κ2) is 8.11. The fourth-order valence-electron chi connectivity index (χ4n) is 3.19. The van der Waals surface area contributed by atoms with Crippen LogP contribution < -0.4 is 4.74 Å². The van der Waals surface area contributed by atoms with Gasteiger partial charge in [-0.25, -0.2) is 4.98 Å². The minimum absolute atomic E-state index is 0.221. The minimum atomic E-state index is -0.625. The molecule has 0 radical (unpaired) electrons. The Bertz CT molecular complexity index is 881. The Morgan fingerprint density at radius 2 is 1.88 bits per heavy atom. The topological polar surface area (TPSA) is 47.3 Å². The summed E-state index contributed by atoms with van der Waals surface area (Å²) >= 11 is 6.19. The second-order valence-electron chi connectivity index (χ2n) is 6.71. The molecule has 0 amide bonds. The van der Waals surface area contributed by atoms with Crippen LogP contribution in [-0.2, 0) is 13.0 Å². The molecule has 1 atom stereocenters. The van der Waals surface area contributed by atoms with Crippen molar-refractivity contribution in [2.24, 2.45) is 0 Å². The lowest BCUT2D eigenvalue weighted by Gasteiger charge is -2.16. The molecule has 0 unspecified atom stereocenters. The van der Waals surface area contributed by atoms with Crippen molar-refractivity contribution in [3.8, 4) is 5.75 Å². The fraction of sp³-hybridized carbons (Fsp3) is 0.381. The van der Waals surface area contributed by atoms with Crippen molar-refractivity contribution in [1.82, 2.24) is 9.55 Å². The van der Waals surface area contributed by atoms with Gasteiger partial charge in [-0.3, -0.25) is 0 Å². The number of halogens is 1. The molecule has 1 heterocycles. The van der Waals surface area contributed by atoms with Crippen LogP contribution >= 0.6 is 11.6 Å². The van der Waals surface area contributed by atoms with E-state index in [2.05, 4.69) is 11.5 Å². The highest BCUT2D eigenvalue weighted by Crippen LogP contribution is 2.26. The zero-order valence-electron chi connectivity index (χ0n) is 15.5. The molecule has 5 heteroatoms. The van der Waals surface area contributed by atoms with Crippen molar-refractivity contribution in [2.75, 3.05) is 6.61 Å². The summed E-state index contributed by atoms with van der Waals surface area (Å²) in [5.74, 6) is 1.73. The van der Waals surface area contributed by atoms with Gasteiger partial charge in [-0.2, -0.15) is 0 Å². The fourth-order valence-corrected chi connectivity index (χ4v) is 3.30. The van der Waals surface area contributed by atoms with Gasteiger partial charge in [0.25, 0.3) is 0 Å². The Balaban J connectivity index is 1.73. The molecule has 0 aliphatic heterocycles. The second-order valence-corrected chi connectivity index (χ2v) is 7.09. The van der Waals surface area contributed by atoms with Crippen LogP contribution in [0, 0.1) is 13.8 Å². The number of hydrogen-bond donors (Lipinski definition) is 1. The third kappa shape index (κ3) is 4.02. The van der Waals surface area contributed by atoms with Gasteiger partial charge in [-0.1, -0.05) is 30.7 Å². The number of rotatable bonds is 7. The number of aliphatic hydroxyl groups excluding tert-OH is 1. The molecule has 0 aliphatic carbocycles.